The molecule has 3 heterocycles. The van der Waals surface area contributed by atoms with Gasteiger partial charge in [-0.25, -0.2) is 4.98 Å². The van der Waals surface area contributed by atoms with E-state index < -0.39 is 0 Å². The van der Waals surface area contributed by atoms with Crippen molar-refractivity contribution in [3.05, 3.63) is 72.3 Å². The monoisotopic (exact) mass is 356 g/mol. The summed E-state index contributed by atoms with van der Waals surface area (Å²) in [6.07, 6.45) is 10.8. The van der Waals surface area contributed by atoms with E-state index in [1.165, 1.54) is 11.8 Å². The predicted molar refractivity (Wildman–Crippen MR) is 109 cm³/mol. The normalized spacial score (nSPS) is 12.6. The molecule has 0 saturated heterocycles. The number of aromatic amines is 1. The minimum absolute atomic E-state index is 0.171. The first-order chi connectivity index (χ1) is 13.3. The van der Waals surface area contributed by atoms with E-state index in [2.05, 4.69) is 38.3 Å². The number of fused-ring (bicyclic) bond motifs is 1. The van der Waals surface area contributed by atoms with Crippen LogP contribution in [0.5, 0.6) is 0 Å². The molecule has 1 atom stereocenters. The Hall–Kier alpha value is -3.54. The fourth-order valence-corrected chi connectivity index (χ4v) is 3.19. The summed E-state index contributed by atoms with van der Waals surface area (Å²) in [7, 11) is 1.71. The number of rotatable bonds is 6. The molecular weight excluding hydrogens is 336 g/mol. The van der Waals surface area contributed by atoms with E-state index in [0.717, 1.165) is 34.3 Å². The van der Waals surface area contributed by atoms with Crippen molar-refractivity contribution in [2.24, 2.45) is 4.99 Å². The lowest BCUT2D eigenvalue weighted by Gasteiger charge is -2.06. The van der Waals surface area contributed by atoms with Crippen molar-refractivity contribution in [2.45, 2.75) is 12.5 Å². The van der Waals surface area contributed by atoms with Crippen molar-refractivity contribution in [3.8, 4) is 11.1 Å². The third-order valence-corrected chi connectivity index (χ3v) is 4.56. The molecule has 0 aliphatic carbocycles. The minimum atomic E-state index is -0.171. The van der Waals surface area contributed by atoms with Crippen LogP contribution in [-0.2, 0) is 6.54 Å². The zero-order valence-electron chi connectivity index (χ0n) is 15.0. The van der Waals surface area contributed by atoms with Crippen LogP contribution in [-0.4, -0.2) is 39.2 Å². The van der Waals surface area contributed by atoms with E-state index in [1.54, 1.807) is 19.5 Å². The lowest BCUT2D eigenvalue weighted by Crippen LogP contribution is -2.01. The quantitative estimate of drug-likeness (QED) is 0.514. The summed E-state index contributed by atoms with van der Waals surface area (Å²) < 4.78 is 1.94. The van der Waals surface area contributed by atoms with E-state index in [-0.39, 0.29) is 5.92 Å². The van der Waals surface area contributed by atoms with Gasteiger partial charge in [-0.15, -0.1) is 0 Å². The number of aromatic nitrogens is 4. The molecule has 6 nitrogen and oxygen atoms in total. The summed E-state index contributed by atoms with van der Waals surface area (Å²) in [6, 6.07) is 12.3. The summed E-state index contributed by atoms with van der Waals surface area (Å²) in [4.78, 5) is 11.8. The molecule has 1 unspecified atom stereocenters. The highest BCUT2D eigenvalue weighted by Gasteiger charge is 2.13. The summed E-state index contributed by atoms with van der Waals surface area (Å²) in [6.45, 7) is 0.732. The molecule has 4 rings (SSSR count). The van der Waals surface area contributed by atoms with Gasteiger partial charge in [-0.2, -0.15) is 5.10 Å². The van der Waals surface area contributed by atoms with Crippen LogP contribution in [0.1, 0.15) is 17.0 Å². The first kappa shape index (κ1) is 16.9. The van der Waals surface area contributed by atoms with Crippen LogP contribution in [0, 0.1) is 5.41 Å². The van der Waals surface area contributed by atoms with Crippen molar-refractivity contribution < 1.29 is 0 Å². The molecule has 2 N–H and O–H groups in total. The Morgan fingerprint density at radius 3 is 2.89 bits per heavy atom. The Morgan fingerprint density at radius 1 is 1.26 bits per heavy atom. The van der Waals surface area contributed by atoms with E-state index in [1.807, 2.05) is 41.5 Å². The molecule has 0 radical (unpaired) electrons. The number of benzene rings is 1. The second-order valence-electron chi connectivity index (χ2n) is 6.38. The van der Waals surface area contributed by atoms with Crippen molar-refractivity contribution in [2.75, 3.05) is 7.05 Å². The number of hydrogen-bond acceptors (Lipinski definition) is 4. The molecule has 134 valence electrons. The maximum Gasteiger partial charge on any atom is 0.137 e. The molecule has 27 heavy (non-hydrogen) atoms. The number of aliphatic imine (C=N–C) groups is 1. The Labute approximate surface area is 157 Å². The van der Waals surface area contributed by atoms with Crippen molar-refractivity contribution in [3.63, 3.8) is 0 Å². The average Bonchev–Trinajstić information content (AvgIpc) is 3.33. The van der Waals surface area contributed by atoms with E-state index >= 15 is 0 Å². The molecule has 0 aliphatic rings. The lowest BCUT2D eigenvalue weighted by atomic mass is 10.0. The van der Waals surface area contributed by atoms with Gasteiger partial charge in [-0.1, -0.05) is 30.3 Å². The average molecular weight is 356 g/mol. The Kier molecular flexibility index (Phi) is 4.61. The minimum Gasteiger partial charge on any atom is -0.346 e. The summed E-state index contributed by atoms with van der Waals surface area (Å²) in [5, 5.41) is 13.2. The standard InChI is InChI=1S/C21H20N6/c1-23-9-17(8-22)16-7-19-20(12-25-21(19)24-10-16)18-11-26-27(14-18)13-15-5-3-2-4-6-15/h2-12,14,17,22H,13H2,1H3,(H,24,25). The number of pyridine rings is 1. The lowest BCUT2D eigenvalue weighted by molar-refractivity contribution is 0.687. The Bertz CT molecular complexity index is 1090. The first-order valence-electron chi connectivity index (χ1n) is 8.75. The highest BCUT2D eigenvalue weighted by Crippen LogP contribution is 2.29. The van der Waals surface area contributed by atoms with Crippen molar-refractivity contribution >= 4 is 23.5 Å². The second-order valence-corrected chi connectivity index (χ2v) is 6.38. The maximum atomic E-state index is 7.63. The van der Waals surface area contributed by atoms with Crippen molar-refractivity contribution in [1.29, 1.82) is 5.41 Å². The predicted octanol–water partition coefficient (Wildman–Crippen LogP) is 3.91. The third kappa shape index (κ3) is 3.42. The zero-order valence-corrected chi connectivity index (χ0v) is 15.0. The van der Waals surface area contributed by atoms with Crippen LogP contribution in [0.2, 0.25) is 0 Å². The van der Waals surface area contributed by atoms with Gasteiger partial charge in [-0.05, 0) is 17.2 Å². The number of nitrogens with zero attached hydrogens (tertiary/aromatic N) is 4. The van der Waals surface area contributed by atoms with Gasteiger partial charge in [0.15, 0.2) is 0 Å². The molecule has 3 aromatic heterocycles. The van der Waals surface area contributed by atoms with Gasteiger partial charge in [0.05, 0.1) is 18.7 Å². The number of H-pyrrole nitrogens is 1. The molecule has 4 aromatic rings. The number of nitrogens with one attached hydrogen (secondary N) is 2. The highest BCUT2D eigenvalue weighted by molar-refractivity contribution is 5.96. The second kappa shape index (κ2) is 7.37. The SMILES string of the molecule is CN=CC(C=N)c1cnc2[nH]cc(-c3cnn(Cc4ccccc4)c3)c2c1. The van der Waals surface area contributed by atoms with Gasteiger partial charge in [0.1, 0.15) is 5.65 Å². The smallest absolute Gasteiger partial charge is 0.137 e. The number of hydrogen-bond donors (Lipinski definition) is 2. The van der Waals surface area contributed by atoms with Gasteiger partial charge in [0, 0.05) is 54.6 Å². The molecule has 6 heteroatoms. The van der Waals surface area contributed by atoms with Crippen LogP contribution < -0.4 is 0 Å². The van der Waals surface area contributed by atoms with Crippen LogP contribution in [0.4, 0.5) is 0 Å². The third-order valence-electron chi connectivity index (χ3n) is 4.56. The largest absolute Gasteiger partial charge is 0.346 e. The van der Waals surface area contributed by atoms with Gasteiger partial charge in [0.2, 0.25) is 0 Å². The zero-order chi connectivity index (χ0) is 18.6. The van der Waals surface area contributed by atoms with E-state index in [9.17, 15) is 0 Å². The highest BCUT2D eigenvalue weighted by atomic mass is 15.3. The molecular formula is C21H20N6. The van der Waals surface area contributed by atoms with Crippen molar-refractivity contribution in [1.82, 2.24) is 19.7 Å². The Balaban J connectivity index is 1.68. The fourth-order valence-electron chi connectivity index (χ4n) is 3.19. The van der Waals surface area contributed by atoms with E-state index in [4.69, 9.17) is 5.41 Å². The fraction of sp³-hybridized carbons (Fsp3) is 0.143. The molecule has 0 spiro atoms. The molecule has 1 aromatic carbocycles. The van der Waals surface area contributed by atoms with Gasteiger partial charge >= 0.3 is 0 Å². The van der Waals surface area contributed by atoms with E-state index in [0.29, 0.717) is 0 Å². The topological polar surface area (TPSA) is 82.7 Å². The van der Waals surface area contributed by atoms with Crippen LogP contribution in [0.25, 0.3) is 22.2 Å². The Morgan fingerprint density at radius 2 is 2.11 bits per heavy atom. The summed E-state index contributed by atoms with van der Waals surface area (Å²) in [5.74, 6) is -0.171. The molecule has 0 saturated carbocycles. The first-order valence-corrected chi connectivity index (χ1v) is 8.75. The van der Waals surface area contributed by atoms with Crippen LogP contribution in [0.3, 0.4) is 0 Å². The summed E-state index contributed by atoms with van der Waals surface area (Å²) in [5.41, 5.74) is 5.06. The molecule has 0 bridgehead atoms. The van der Waals surface area contributed by atoms with Crippen LogP contribution >= 0.6 is 0 Å². The summed E-state index contributed by atoms with van der Waals surface area (Å²) >= 11 is 0. The van der Waals surface area contributed by atoms with Gasteiger partial charge in [-0.3, -0.25) is 9.67 Å². The van der Waals surface area contributed by atoms with Crippen LogP contribution in [0.15, 0.2) is 66.2 Å². The molecule has 0 amide bonds. The molecule has 0 fully saturated rings. The van der Waals surface area contributed by atoms with Gasteiger partial charge < -0.3 is 10.4 Å². The molecule has 0 aliphatic heterocycles. The van der Waals surface area contributed by atoms with Gasteiger partial charge in [0.25, 0.3) is 0 Å². The maximum absolute atomic E-state index is 7.63.